The van der Waals surface area contributed by atoms with Gasteiger partial charge in [0.05, 0.1) is 6.61 Å². The van der Waals surface area contributed by atoms with Gasteiger partial charge in [-0.25, -0.2) is 0 Å². The maximum Gasteiger partial charge on any atom is 0.123 e. The van der Waals surface area contributed by atoms with Crippen molar-refractivity contribution in [1.29, 1.82) is 0 Å². The monoisotopic (exact) mass is 356 g/mol. The molecule has 3 nitrogen and oxygen atoms in total. The van der Waals surface area contributed by atoms with Crippen LogP contribution in [0.4, 0.5) is 0 Å². The third-order valence-electron chi connectivity index (χ3n) is 3.23. The van der Waals surface area contributed by atoms with Gasteiger partial charge in [-0.05, 0) is 35.7 Å². The van der Waals surface area contributed by atoms with Crippen LogP contribution in [-0.2, 0) is 13.2 Å². The first-order chi connectivity index (χ1) is 10.2. The predicted octanol–water partition coefficient (Wildman–Crippen LogP) is 4.47. The van der Waals surface area contributed by atoms with Gasteiger partial charge in [0, 0.05) is 6.07 Å². The molecule has 0 fully saturated rings. The van der Waals surface area contributed by atoms with E-state index in [4.69, 9.17) is 9.47 Å². The number of ether oxygens (including phenoxy) is 2. The topological polar surface area (TPSA) is 38.7 Å². The number of aliphatic hydroxyl groups is 1. The summed E-state index contributed by atoms with van der Waals surface area (Å²) in [6.07, 6.45) is 1.70. The molecule has 2 rings (SSSR count). The Balaban J connectivity index is 0.00000242. The van der Waals surface area contributed by atoms with Crippen molar-refractivity contribution in [3.63, 3.8) is 0 Å². The van der Waals surface area contributed by atoms with Crippen LogP contribution >= 0.6 is 24.8 Å². The minimum atomic E-state index is 0. The summed E-state index contributed by atoms with van der Waals surface area (Å²) in [6, 6.07) is 13.4. The van der Waals surface area contributed by atoms with Gasteiger partial charge < -0.3 is 14.6 Å². The minimum Gasteiger partial charge on any atom is -0.489 e. The second kappa shape index (κ2) is 10.9. The van der Waals surface area contributed by atoms with Gasteiger partial charge in [-0.1, -0.05) is 36.9 Å². The molecule has 0 unspecified atom stereocenters. The van der Waals surface area contributed by atoms with Crippen LogP contribution in [0.15, 0.2) is 55.1 Å². The molecule has 0 spiro atoms. The Hall–Kier alpha value is -1.68. The van der Waals surface area contributed by atoms with Gasteiger partial charge in [0.2, 0.25) is 0 Å². The van der Waals surface area contributed by atoms with Crippen molar-refractivity contribution < 1.29 is 14.6 Å². The van der Waals surface area contributed by atoms with Gasteiger partial charge in [0.15, 0.2) is 0 Å². The summed E-state index contributed by atoms with van der Waals surface area (Å²) in [5.74, 6) is 1.49. The number of hydrogen-bond donors (Lipinski definition) is 1. The van der Waals surface area contributed by atoms with Gasteiger partial charge in [-0.3, -0.25) is 0 Å². The van der Waals surface area contributed by atoms with Crippen LogP contribution in [-0.4, -0.2) is 11.7 Å². The van der Waals surface area contributed by atoms with E-state index in [-0.39, 0.29) is 31.4 Å². The largest absolute Gasteiger partial charge is 0.489 e. The number of aryl methyl sites for hydroxylation is 1. The van der Waals surface area contributed by atoms with Gasteiger partial charge >= 0.3 is 0 Å². The van der Waals surface area contributed by atoms with Crippen molar-refractivity contribution in [2.75, 3.05) is 6.61 Å². The van der Waals surface area contributed by atoms with E-state index in [9.17, 15) is 5.11 Å². The first kappa shape index (κ1) is 21.3. The van der Waals surface area contributed by atoms with Crippen LogP contribution in [0.3, 0.4) is 0 Å². The van der Waals surface area contributed by atoms with E-state index in [2.05, 4.69) is 6.58 Å². The molecule has 0 amide bonds. The molecule has 126 valence electrons. The summed E-state index contributed by atoms with van der Waals surface area (Å²) in [6.45, 7) is 6.52. The standard InChI is InChI=1S/C18H20O3.2ClH/c1-3-10-20-16-8-5-9-17(11-16)21-13-15-7-4-6-14(2)18(15)12-19;;/h3-9,11,19H,1,10,12-13H2,2H3;2*1H. The number of aliphatic hydroxyl groups excluding tert-OH is 1. The average molecular weight is 357 g/mol. The normalized spacial score (nSPS) is 9.30. The van der Waals surface area contributed by atoms with Crippen LogP contribution in [0.5, 0.6) is 11.5 Å². The number of hydrogen-bond acceptors (Lipinski definition) is 3. The SMILES string of the molecule is C=CCOc1cccc(OCc2cccc(C)c2CO)c1.Cl.Cl. The van der Waals surface area contributed by atoms with Crippen LogP contribution in [0.25, 0.3) is 0 Å². The third kappa shape index (κ3) is 6.14. The van der Waals surface area contributed by atoms with Gasteiger partial charge in [-0.2, -0.15) is 0 Å². The molecular weight excluding hydrogens is 335 g/mol. The smallest absolute Gasteiger partial charge is 0.123 e. The molecule has 5 heteroatoms. The van der Waals surface area contributed by atoms with E-state index in [1.165, 1.54) is 0 Å². The number of rotatable bonds is 7. The minimum absolute atomic E-state index is 0. The molecule has 1 N–H and O–H groups in total. The summed E-state index contributed by atoms with van der Waals surface area (Å²) < 4.78 is 11.3. The zero-order valence-electron chi connectivity index (χ0n) is 13.0. The maximum atomic E-state index is 9.45. The van der Waals surface area contributed by atoms with E-state index in [1.54, 1.807) is 6.08 Å². The fourth-order valence-corrected chi connectivity index (χ4v) is 2.09. The van der Waals surface area contributed by atoms with E-state index in [0.29, 0.717) is 13.2 Å². The van der Waals surface area contributed by atoms with E-state index in [1.807, 2.05) is 49.4 Å². The van der Waals surface area contributed by atoms with Crippen molar-refractivity contribution in [1.82, 2.24) is 0 Å². The summed E-state index contributed by atoms with van der Waals surface area (Å²) in [5.41, 5.74) is 2.99. The Morgan fingerprint density at radius 1 is 1.04 bits per heavy atom. The average Bonchev–Trinajstić information content (AvgIpc) is 2.51. The molecule has 0 aromatic heterocycles. The van der Waals surface area contributed by atoms with Crippen LogP contribution in [0.2, 0.25) is 0 Å². The second-order valence-electron chi connectivity index (χ2n) is 4.73. The summed E-state index contributed by atoms with van der Waals surface area (Å²) >= 11 is 0. The van der Waals surface area contributed by atoms with Gasteiger partial charge in [-0.15, -0.1) is 24.8 Å². The molecule has 23 heavy (non-hydrogen) atoms. The Morgan fingerprint density at radius 2 is 1.70 bits per heavy atom. The highest BCUT2D eigenvalue weighted by molar-refractivity contribution is 5.85. The molecule has 0 aliphatic carbocycles. The number of benzene rings is 2. The Kier molecular flexibility index (Phi) is 10.1. The first-order valence-electron chi connectivity index (χ1n) is 6.89. The predicted molar refractivity (Wildman–Crippen MR) is 98.1 cm³/mol. The summed E-state index contributed by atoms with van der Waals surface area (Å²) in [5, 5.41) is 9.45. The fourth-order valence-electron chi connectivity index (χ4n) is 2.09. The molecule has 0 bridgehead atoms. The van der Waals surface area contributed by atoms with Crippen molar-refractivity contribution >= 4 is 24.8 Å². The second-order valence-corrected chi connectivity index (χ2v) is 4.73. The molecule has 0 radical (unpaired) electrons. The lowest BCUT2D eigenvalue weighted by Crippen LogP contribution is -2.02. The Morgan fingerprint density at radius 3 is 2.35 bits per heavy atom. The van der Waals surface area contributed by atoms with Crippen molar-refractivity contribution in [3.8, 4) is 11.5 Å². The van der Waals surface area contributed by atoms with Gasteiger partial charge in [0.1, 0.15) is 24.7 Å². The third-order valence-corrected chi connectivity index (χ3v) is 3.23. The van der Waals surface area contributed by atoms with Crippen LogP contribution < -0.4 is 9.47 Å². The molecular formula is C18H22Cl2O3. The molecule has 0 atom stereocenters. The lowest BCUT2D eigenvalue weighted by atomic mass is 10.0. The van der Waals surface area contributed by atoms with Gasteiger partial charge in [0.25, 0.3) is 0 Å². The lowest BCUT2D eigenvalue weighted by Gasteiger charge is -2.12. The molecule has 2 aromatic carbocycles. The summed E-state index contributed by atoms with van der Waals surface area (Å²) in [7, 11) is 0. The molecule has 2 aromatic rings. The maximum absolute atomic E-state index is 9.45. The van der Waals surface area contributed by atoms with Crippen LogP contribution in [0, 0.1) is 6.92 Å². The fraction of sp³-hybridized carbons (Fsp3) is 0.222. The first-order valence-corrected chi connectivity index (χ1v) is 6.89. The van der Waals surface area contributed by atoms with E-state index >= 15 is 0 Å². The van der Waals surface area contributed by atoms with Crippen molar-refractivity contribution in [2.45, 2.75) is 20.1 Å². The lowest BCUT2D eigenvalue weighted by molar-refractivity contribution is 0.268. The molecule has 0 saturated carbocycles. The zero-order valence-corrected chi connectivity index (χ0v) is 14.7. The molecule has 0 aliphatic rings. The highest BCUT2D eigenvalue weighted by Crippen LogP contribution is 2.22. The van der Waals surface area contributed by atoms with E-state index < -0.39 is 0 Å². The van der Waals surface area contributed by atoms with Crippen molar-refractivity contribution in [3.05, 3.63) is 71.8 Å². The Labute approximate surface area is 149 Å². The molecule has 0 heterocycles. The quantitative estimate of drug-likeness (QED) is 0.743. The number of halogens is 2. The molecule has 0 aliphatic heterocycles. The van der Waals surface area contributed by atoms with Crippen LogP contribution in [0.1, 0.15) is 16.7 Å². The highest BCUT2D eigenvalue weighted by Gasteiger charge is 2.05. The highest BCUT2D eigenvalue weighted by atomic mass is 35.5. The Bertz CT molecular complexity index is 615. The molecule has 0 saturated heterocycles. The zero-order chi connectivity index (χ0) is 15.1. The summed E-state index contributed by atoms with van der Waals surface area (Å²) in [4.78, 5) is 0. The van der Waals surface area contributed by atoms with Crippen molar-refractivity contribution in [2.24, 2.45) is 0 Å². The van der Waals surface area contributed by atoms with E-state index in [0.717, 1.165) is 28.2 Å².